The zero-order valence-corrected chi connectivity index (χ0v) is 11.5. The molecule has 0 saturated carbocycles. The van der Waals surface area contributed by atoms with E-state index in [9.17, 15) is 9.59 Å². The summed E-state index contributed by atoms with van der Waals surface area (Å²) < 4.78 is 0. The molecular formula is C15H14N4O2. The predicted molar refractivity (Wildman–Crippen MR) is 76.6 cm³/mol. The quantitative estimate of drug-likeness (QED) is 0.896. The standard InChI is InChI=1S/C15H14N4O2/c1-10-15(21)19(9-13-16-7-4-8-17-13)12-6-3-2-5-11(12)14(20)18-10/h2-8,10H,9H2,1H3,(H,18,20). The Bertz CT molecular complexity index is 687. The third kappa shape index (κ3) is 2.47. The number of nitrogens with one attached hydrogen (secondary N) is 1. The van der Waals surface area contributed by atoms with Crippen LogP contribution in [0.4, 0.5) is 5.69 Å². The number of hydrogen-bond donors (Lipinski definition) is 1. The number of carbonyl (C=O) groups excluding carboxylic acids is 2. The molecule has 6 heteroatoms. The maximum Gasteiger partial charge on any atom is 0.254 e. The molecule has 6 nitrogen and oxygen atoms in total. The highest BCUT2D eigenvalue weighted by atomic mass is 16.2. The van der Waals surface area contributed by atoms with Gasteiger partial charge in [-0.25, -0.2) is 9.97 Å². The van der Waals surface area contributed by atoms with Crippen LogP contribution < -0.4 is 10.2 Å². The van der Waals surface area contributed by atoms with E-state index >= 15 is 0 Å². The van der Waals surface area contributed by atoms with Gasteiger partial charge in [0.2, 0.25) is 5.91 Å². The molecule has 0 saturated heterocycles. The minimum Gasteiger partial charge on any atom is -0.340 e. The van der Waals surface area contributed by atoms with E-state index in [0.29, 0.717) is 17.1 Å². The Labute approximate surface area is 121 Å². The average molecular weight is 282 g/mol. The van der Waals surface area contributed by atoms with Crippen molar-refractivity contribution in [3.05, 3.63) is 54.1 Å². The molecule has 0 radical (unpaired) electrons. The SMILES string of the molecule is CC1NC(=O)c2ccccc2N(Cc2ncccn2)C1=O. The first-order chi connectivity index (χ1) is 10.2. The first-order valence-corrected chi connectivity index (χ1v) is 6.64. The summed E-state index contributed by atoms with van der Waals surface area (Å²) in [7, 11) is 0. The smallest absolute Gasteiger partial charge is 0.254 e. The second kappa shape index (κ2) is 5.32. The molecule has 2 heterocycles. The summed E-state index contributed by atoms with van der Waals surface area (Å²) in [4.78, 5) is 34.5. The Morgan fingerprint density at radius 2 is 1.86 bits per heavy atom. The van der Waals surface area contributed by atoms with Gasteiger partial charge in [0.1, 0.15) is 11.9 Å². The largest absolute Gasteiger partial charge is 0.340 e. The third-order valence-corrected chi connectivity index (χ3v) is 3.34. The summed E-state index contributed by atoms with van der Waals surface area (Å²) in [5.41, 5.74) is 1.06. The van der Waals surface area contributed by atoms with Crippen LogP contribution in [0.15, 0.2) is 42.7 Å². The third-order valence-electron chi connectivity index (χ3n) is 3.34. The monoisotopic (exact) mass is 282 g/mol. The van der Waals surface area contributed by atoms with Crippen LogP contribution in [-0.2, 0) is 11.3 Å². The summed E-state index contributed by atoms with van der Waals surface area (Å²) in [5.74, 6) is 0.103. The number of aromatic nitrogens is 2. The van der Waals surface area contributed by atoms with Gasteiger partial charge in [0.15, 0.2) is 0 Å². The second-order valence-corrected chi connectivity index (χ2v) is 4.80. The van der Waals surface area contributed by atoms with E-state index in [0.717, 1.165) is 0 Å². The molecule has 0 aliphatic carbocycles. The van der Waals surface area contributed by atoms with Crippen molar-refractivity contribution in [2.24, 2.45) is 0 Å². The predicted octanol–water partition coefficient (Wildman–Crippen LogP) is 1.14. The highest BCUT2D eigenvalue weighted by Crippen LogP contribution is 2.25. The highest BCUT2D eigenvalue weighted by molar-refractivity contribution is 6.10. The fourth-order valence-electron chi connectivity index (χ4n) is 2.31. The Morgan fingerprint density at radius 1 is 1.14 bits per heavy atom. The molecule has 2 amide bonds. The van der Waals surface area contributed by atoms with Crippen molar-refractivity contribution in [3.8, 4) is 0 Å². The van der Waals surface area contributed by atoms with Crippen LogP contribution in [-0.4, -0.2) is 27.8 Å². The normalized spacial score (nSPS) is 18.0. The number of rotatable bonds is 2. The van der Waals surface area contributed by atoms with Crippen LogP contribution in [0.1, 0.15) is 23.1 Å². The van der Waals surface area contributed by atoms with Crippen molar-refractivity contribution in [1.29, 1.82) is 0 Å². The molecular weight excluding hydrogens is 268 g/mol. The first kappa shape index (κ1) is 13.2. The minimum absolute atomic E-state index is 0.180. The molecule has 106 valence electrons. The maximum atomic E-state index is 12.5. The summed E-state index contributed by atoms with van der Waals surface area (Å²) in [6.45, 7) is 1.90. The zero-order valence-electron chi connectivity index (χ0n) is 11.5. The van der Waals surface area contributed by atoms with Gasteiger partial charge >= 0.3 is 0 Å². The van der Waals surface area contributed by atoms with Gasteiger partial charge in [0.05, 0.1) is 17.8 Å². The fourth-order valence-corrected chi connectivity index (χ4v) is 2.31. The molecule has 3 rings (SSSR count). The van der Waals surface area contributed by atoms with Crippen LogP contribution in [0, 0.1) is 0 Å². The van der Waals surface area contributed by atoms with Gasteiger partial charge in [0.25, 0.3) is 5.91 Å². The Balaban J connectivity index is 2.05. The van der Waals surface area contributed by atoms with Crippen LogP contribution in [0.5, 0.6) is 0 Å². The minimum atomic E-state index is -0.589. The fraction of sp³-hybridized carbons (Fsp3) is 0.200. The number of anilines is 1. The van der Waals surface area contributed by atoms with Crippen LogP contribution in [0.25, 0.3) is 0 Å². The lowest BCUT2D eigenvalue weighted by atomic mass is 10.1. The zero-order chi connectivity index (χ0) is 14.8. The van der Waals surface area contributed by atoms with Crippen molar-refractivity contribution < 1.29 is 9.59 Å². The van der Waals surface area contributed by atoms with Gasteiger partial charge in [0, 0.05) is 12.4 Å². The van der Waals surface area contributed by atoms with Gasteiger partial charge in [-0.15, -0.1) is 0 Å². The maximum absolute atomic E-state index is 12.5. The number of fused-ring (bicyclic) bond motifs is 1. The summed E-state index contributed by atoms with van der Waals surface area (Å²) in [6, 6.07) is 8.16. The van der Waals surface area contributed by atoms with E-state index in [1.807, 2.05) is 0 Å². The second-order valence-electron chi connectivity index (χ2n) is 4.80. The molecule has 1 aromatic heterocycles. The molecule has 1 unspecified atom stereocenters. The van der Waals surface area contributed by atoms with Crippen LogP contribution in [0.2, 0.25) is 0 Å². The number of nitrogens with zero attached hydrogens (tertiary/aromatic N) is 3. The molecule has 1 atom stereocenters. The van der Waals surface area contributed by atoms with Crippen molar-refractivity contribution in [2.45, 2.75) is 19.5 Å². The lowest BCUT2D eigenvalue weighted by molar-refractivity contribution is -0.120. The van der Waals surface area contributed by atoms with Gasteiger partial charge in [-0.05, 0) is 25.1 Å². The molecule has 0 fully saturated rings. The van der Waals surface area contributed by atoms with E-state index in [4.69, 9.17) is 0 Å². The number of hydrogen-bond acceptors (Lipinski definition) is 4. The topological polar surface area (TPSA) is 75.2 Å². The van der Waals surface area contributed by atoms with Gasteiger partial charge < -0.3 is 10.2 Å². The lowest BCUT2D eigenvalue weighted by Crippen LogP contribution is -2.43. The average Bonchev–Trinajstić information content (AvgIpc) is 2.60. The summed E-state index contributed by atoms with van der Waals surface area (Å²) in [5, 5.41) is 2.69. The van der Waals surface area contributed by atoms with Gasteiger partial charge in [-0.3, -0.25) is 9.59 Å². The molecule has 0 bridgehead atoms. The van der Waals surface area contributed by atoms with Crippen molar-refractivity contribution in [1.82, 2.24) is 15.3 Å². The highest BCUT2D eigenvalue weighted by Gasteiger charge is 2.31. The molecule has 1 N–H and O–H groups in total. The van der Waals surface area contributed by atoms with E-state index < -0.39 is 6.04 Å². The van der Waals surface area contributed by atoms with Gasteiger partial charge in [-0.2, -0.15) is 0 Å². The number of benzene rings is 1. The van der Waals surface area contributed by atoms with Crippen molar-refractivity contribution in [2.75, 3.05) is 4.90 Å². The summed E-state index contributed by atoms with van der Waals surface area (Å²) >= 11 is 0. The Hall–Kier alpha value is -2.76. The Kier molecular flexibility index (Phi) is 3.35. The van der Waals surface area contributed by atoms with E-state index in [1.165, 1.54) is 0 Å². The molecule has 1 aliphatic rings. The number of para-hydroxylation sites is 1. The molecule has 2 aromatic rings. The summed E-state index contributed by atoms with van der Waals surface area (Å²) in [6.07, 6.45) is 3.26. The van der Waals surface area contributed by atoms with Gasteiger partial charge in [-0.1, -0.05) is 12.1 Å². The molecule has 1 aliphatic heterocycles. The first-order valence-electron chi connectivity index (χ1n) is 6.64. The molecule has 1 aromatic carbocycles. The number of carbonyl (C=O) groups is 2. The van der Waals surface area contributed by atoms with Crippen LogP contribution >= 0.6 is 0 Å². The van der Waals surface area contributed by atoms with E-state index in [2.05, 4.69) is 15.3 Å². The van der Waals surface area contributed by atoms with Crippen molar-refractivity contribution >= 4 is 17.5 Å². The van der Waals surface area contributed by atoms with E-state index in [-0.39, 0.29) is 18.4 Å². The lowest BCUT2D eigenvalue weighted by Gasteiger charge is -2.23. The number of amides is 2. The Morgan fingerprint density at radius 3 is 2.62 bits per heavy atom. The molecule has 21 heavy (non-hydrogen) atoms. The molecule has 0 spiro atoms. The van der Waals surface area contributed by atoms with E-state index in [1.54, 1.807) is 54.5 Å². The van der Waals surface area contributed by atoms with Crippen LogP contribution in [0.3, 0.4) is 0 Å². The van der Waals surface area contributed by atoms with Crippen molar-refractivity contribution in [3.63, 3.8) is 0 Å².